The van der Waals surface area contributed by atoms with E-state index in [1.807, 2.05) is 0 Å². The summed E-state index contributed by atoms with van der Waals surface area (Å²) in [6.07, 6.45) is 5.43. The Morgan fingerprint density at radius 1 is 1.26 bits per heavy atom. The van der Waals surface area contributed by atoms with Crippen LogP contribution in [0.25, 0.3) is 0 Å². The molecule has 3 N–H and O–H groups in total. The molecular weight excluding hydrogens is 390 g/mol. The SMILES string of the molecule is CCCCOc1nc(N)c2c(n1)N(Cc1cccc(CNCC3CC3)c1)CCC(=O)C2. The van der Waals surface area contributed by atoms with E-state index in [0.29, 0.717) is 43.5 Å². The quantitative estimate of drug-likeness (QED) is 0.567. The average molecular weight is 424 g/mol. The molecule has 0 amide bonds. The summed E-state index contributed by atoms with van der Waals surface area (Å²) in [6.45, 7) is 5.93. The van der Waals surface area contributed by atoms with E-state index >= 15 is 0 Å². The molecule has 0 atom stereocenters. The van der Waals surface area contributed by atoms with Crippen LogP contribution in [0.1, 0.15) is 55.7 Å². The molecule has 1 saturated carbocycles. The van der Waals surface area contributed by atoms with Crippen molar-refractivity contribution in [2.45, 2.75) is 58.5 Å². The monoisotopic (exact) mass is 423 g/mol. The number of Topliss-reactive ketones (excluding diaryl/α,β-unsaturated/α-hetero) is 1. The number of nitrogens with two attached hydrogens (primary N) is 1. The summed E-state index contributed by atoms with van der Waals surface area (Å²) in [6, 6.07) is 8.90. The maximum absolute atomic E-state index is 12.3. The molecule has 2 aromatic rings. The van der Waals surface area contributed by atoms with Crippen molar-refractivity contribution in [2.24, 2.45) is 5.92 Å². The fourth-order valence-corrected chi connectivity index (χ4v) is 3.88. The second-order valence-electron chi connectivity index (χ2n) is 8.68. The Balaban J connectivity index is 1.52. The van der Waals surface area contributed by atoms with Crippen LogP contribution in [0.5, 0.6) is 6.01 Å². The zero-order valence-electron chi connectivity index (χ0n) is 18.4. The van der Waals surface area contributed by atoms with Crippen molar-refractivity contribution in [3.8, 4) is 6.01 Å². The lowest BCUT2D eigenvalue weighted by Crippen LogP contribution is -2.26. The molecule has 1 aromatic carbocycles. The van der Waals surface area contributed by atoms with Gasteiger partial charge in [-0.05, 0) is 42.9 Å². The van der Waals surface area contributed by atoms with Gasteiger partial charge in [0.25, 0.3) is 0 Å². The lowest BCUT2D eigenvalue weighted by molar-refractivity contribution is -0.118. The number of ketones is 1. The highest BCUT2D eigenvalue weighted by atomic mass is 16.5. The maximum Gasteiger partial charge on any atom is 0.320 e. The maximum atomic E-state index is 12.3. The number of fused-ring (bicyclic) bond motifs is 1. The van der Waals surface area contributed by atoms with E-state index in [4.69, 9.17) is 10.5 Å². The number of aromatic nitrogens is 2. The topological polar surface area (TPSA) is 93.4 Å². The molecule has 7 heteroatoms. The minimum Gasteiger partial charge on any atom is -0.463 e. The van der Waals surface area contributed by atoms with Gasteiger partial charge >= 0.3 is 6.01 Å². The molecule has 166 valence electrons. The summed E-state index contributed by atoms with van der Waals surface area (Å²) >= 11 is 0. The number of hydrogen-bond donors (Lipinski definition) is 2. The standard InChI is InChI=1S/C24H33N5O2/c1-2-3-11-31-24-27-22(25)21-13-20(30)9-10-29(23(21)28-24)16-19-6-4-5-18(12-19)15-26-14-17-7-8-17/h4-6,12,17,26H,2-3,7-11,13-16H2,1H3,(H2,25,27,28). The Morgan fingerprint density at radius 2 is 2.10 bits per heavy atom. The third-order valence-corrected chi connectivity index (χ3v) is 5.88. The highest BCUT2D eigenvalue weighted by Gasteiger charge is 2.25. The molecule has 0 spiro atoms. The largest absolute Gasteiger partial charge is 0.463 e. The van der Waals surface area contributed by atoms with Crippen LogP contribution in [-0.4, -0.2) is 35.4 Å². The Labute approximate surface area is 184 Å². The Kier molecular flexibility index (Phi) is 7.02. The van der Waals surface area contributed by atoms with E-state index in [1.54, 1.807) is 0 Å². The van der Waals surface area contributed by atoms with Crippen molar-refractivity contribution in [1.82, 2.24) is 15.3 Å². The summed E-state index contributed by atoms with van der Waals surface area (Å²) in [5, 5.41) is 3.55. The molecule has 0 bridgehead atoms. The summed E-state index contributed by atoms with van der Waals surface area (Å²) in [5.41, 5.74) is 9.40. The zero-order valence-corrected chi connectivity index (χ0v) is 18.4. The minimum absolute atomic E-state index is 0.164. The van der Waals surface area contributed by atoms with Crippen molar-refractivity contribution in [1.29, 1.82) is 0 Å². The van der Waals surface area contributed by atoms with Gasteiger partial charge in [0.2, 0.25) is 0 Å². The van der Waals surface area contributed by atoms with Crippen molar-refractivity contribution in [3.05, 3.63) is 41.0 Å². The van der Waals surface area contributed by atoms with Crippen LogP contribution in [0, 0.1) is 5.92 Å². The van der Waals surface area contributed by atoms with Gasteiger partial charge in [-0.15, -0.1) is 0 Å². The molecule has 1 aliphatic carbocycles. The van der Waals surface area contributed by atoms with Gasteiger partial charge in [-0.25, -0.2) is 0 Å². The van der Waals surface area contributed by atoms with Gasteiger partial charge in [0, 0.05) is 38.0 Å². The number of nitrogen functional groups attached to an aromatic ring is 1. The first-order chi connectivity index (χ1) is 15.1. The van der Waals surface area contributed by atoms with Gasteiger partial charge in [0.15, 0.2) is 0 Å². The van der Waals surface area contributed by atoms with Gasteiger partial charge in [-0.1, -0.05) is 37.6 Å². The third kappa shape index (κ3) is 5.94. The number of anilines is 2. The number of benzene rings is 1. The lowest BCUT2D eigenvalue weighted by atomic mass is 10.1. The zero-order chi connectivity index (χ0) is 21.6. The van der Waals surface area contributed by atoms with E-state index in [9.17, 15) is 4.79 Å². The predicted octanol–water partition coefficient (Wildman–Crippen LogP) is 3.26. The fourth-order valence-electron chi connectivity index (χ4n) is 3.88. The minimum atomic E-state index is 0.164. The van der Waals surface area contributed by atoms with Crippen LogP contribution >= 0.6 is 0 Å². The molecule has 31 heavy (non-hydrogen) atoms. The summed E-state index contributed by atoms with van der Waals surface area (Å²) in [7, 11) is 0. The number of unbranched alkanes of at least 4 members (excludes halogenated alkanes) is 1. The van der Waals surface area contributed by atoms with Gasteiger partial charge in [0.1, 0.15) is 17.4 Å². The van der Waals surface area contributed by atoms with E-state index < -0.39 is 0 Å². The Hall–Kier alpha value is -2.67. The fraction of sp³-hybridized carbons (Fsp3) is 0.542. The van der Waals surface area contributed by atoms with E-state index in [1.165, 1.54) is 24.0 Å². The van der Waals surface area contributed by atoms with Crippen molar-refractivity contribution in [2.75, 3.05) is 30.3 Å². The summed E-state index contributed by atoms with van der Waals surface area (Å²) in [4.78, 5) is 23.5. The number of nitrogens with zero attached hydrogens (tertiary/aromatic N) is 3. The number of carbonyl (C=O) groups excluding carboxylic acids is 1. The Morgan fingerprint density at radius 3 is 2.90 bits per heavy atom. The molecule has 0 saturated heterocycles. The highest BCUT2D eigenvalue weighted by Crippen LogP contribution is 2.30. The van der Waals surface area contributed by atoms with E-state index in [0.717, 1.165) is 37.7 Å². The summed E-state index contributed by atoms with van der Waals surface area (Å²) in [5.74, 6) is 2.10. The lowest BCUT2D eigenvalue weighted by Gasteiger charge is -2.24. The van der Waals surface area contributed by atoms with Crippen LogP contribution in [0.2, 0.25) is 0 Å². The first-order valence-electron chi connectivity index (χ1n) is 11.5. The molecule has 2 aliphatic rings. The van der Waals surface area contributed by atoms with Crippen LogP contribution in [0.15, 0.2) is 24.3 Å². The molecular formula is C24H33N5O2. The molecule has 7 nitrogen and oxygen atoms in total. The number of rotatable bonds is 10. The van der Waals surface area contributed by atoms with Gasteiger partial charge in [-0.2, -0.15) is 9.97 Å². The Bertz CT molecular complexity index is 913. The molecule has 0 radical (unpaired) electrons. The number of carbonyl (C=O) groups is 1. The highest BCUT2D eigenvalue weighted by molar-refractivity contribution is 5.85. The third-order valence-electron chi connectivity index (χ3n) is 5.88. The number of hydrogen-bond acceptors (Lipinski definition) is 7. The van der Waals surface area contributed by atoms with Crippen LogP contribution in [-0.2, 0) is 24.3 Å². The molecule has 2 heterocycles. The number of ether oxygens (including phenoxy) is 1. The number of nitrogens with one attached hydrogen (secondary N) is 1. The van der Waals surface area contributed by atoms with Gasteiger partial charge < -0.3 is 20.7 Å². The normalized spacial score (nSPS) is 16.2. The molecule has 1 aromatic heterocycles. The first-order valence-corrected chi connectivity index (χ1v) is 11.5. The van der Waals surface area contributed by atoms with E-state index in [-0.39, 0.29) is 12.2 Å². The van der Waals surface area contributed by atoms with E-state index in [2.05, 4.69) is 51.4 Å². The smallest absolute Gasteiger partial charge is 0.320 e. The van der Waals surface area contributed by atoms with Crippen LogP contribution < -0.4 is 20.7 Å². The van der Waals surface area contributed by atoms with Gasteiger partial charge in [-0.3, -0.25) is 4.79 Å². The van der Waals surface area contributed by atoms with Gasteiger partial charge in [0.05, 0.1) is 6.61 Å². The van der Waals surface area contributed by atoms with Crippen LogP contribution in [0.4, 0.5) is 11.6 Å². The van der Waals surface area contributed by atoms with Crippen molar-refractivity contribution >= 4 is 17.4 Å². The second kappa shape index (κ2) is 10.1. The van der Waals surface area contributed by atoms with Crippen LogP contribution in [0.3, 0.4) is 0 Å². The van der Waals surface area contributed by atoms with Crippen molar-refractivity contribution < 1.29 is 9.53 Å². The molecule has 1 aliphatic heterocycles. The average Bonchev–Trinajstić information content (AvgIpc) is 3.58. The molecule has 0 unspecified atom stereocenters. The summed E-state index contributed by atoms with van der Waals surface area (Å²) < 4.78 is 5.73. The second-order valence-corrected chi connectivity index (χ2v) is 8.68. The molecule has 4 rings (SSSR count). The first kappa shape index (κ1) is 21.6. The molecule has 1 fully saturated rings. The van der Waals surface area contributed by atoms with Crippen molar-refractivity contribution in [3.63, 3.8) is 0 Å². The predicted molar refractivity (Wildman–Crippen MR) is 122 cm³/mol.